The van der Waals surface area contributed by atoms with Crippen molar-refractivity contribution >= 4 is 5.91 Å². The molecule has 4 aromatic rings. The second-order valence-electron chi connectivity index (χ2n) is 7.72. The number of rotatable bonds is 7. The molecule has 2 aromatic heterocycles. The van der Waals surface area contributed by atoms with E-state index in [1.807, 2.05) is 19.1 Å². The van der Waals surface area contributed by atoms with Gasteiger partial charge in [-0.25, -0.2) is 9.18 Å². The van der Waals surface area contributed by atoms with E-state index in [1.54, 1.807) is 36.5 Å². The summed E-state index contributed by atoms with van der Waals surface area (Å²) in [7, 11) is 0. The van der Waals surface area contributed by atoms with Crippen LogP contribution in [0.5, 0.6) is 0 Å². The number of hydrogen-bond donors (Lipinski definition) is 1. The normalized spacial score (nSPS) is 10.8. The van der Waals surface area contributed by atoms with E-state index >= 15 is 0 Å². The van der Waals surface area contributed by atoms with E-state index in [4.69, 9.17) is 0 Å². The minimum absolute atomic E-state index is 0.138. The molecule has 34 heavy (non-hydrogen) atoms. The zero-order valence-electron chi connectivity index (χ0n) is 18.4. The van der Waals surface area contributed by atoms with Gasteiger partial charge in [0.25, 0.3) is 11.5 Å². The molecule has 1 amide bonds. The van der Waals surface area contributed by atoms with Crippen molar-refractivity contribution in [1.29, 1.82) is 0 Å². The second kappa shape index (κ2) is 10.0. The molecule has 0 atom stereocenters. The van der Waals surface area contributed by atoms with E-state index in [1.165, 1.54) is 24.3 Å². The van der Waals surface area contributed by atoms with Crippen molar-refractivity contribution < 1.29 is 9.18 Å². The average molecular weight is 459 g/mol. The average Bonchev–Trinajstić information content (AvgIpc) is 2.84. The fourth-order valence-electron chi connectivity index (χ4n) is 3.36. The van der Waals surface area contributed by atoms with Crippen molar-refractivity contribution in [3.8, 4) is 5.69 Å². The number of halogens is 1. The van der Waals surface area contributed by atoms with Crippen LogP contribution in [0.15, 0.2) is 82.5 Å². The Kier molecular flexibility index (Phi) is 6.72. The minimum atomic E-state index is -0.826. The van der Waals surface area contributed by atoms with Gasteiger partial charge in [-0.05, 0) is 48.9 Å². The molecule has 0 aliphatic heterocycles. The van der Waals surface area contributed by atoms with Gasteiger partial charge in [-0.2, -0.15) is 9.78 Å². The van der Waals surface area contributed by atoms with Crippen molar-refractivity contribution in [2.45, 2.75) is 19.9 Å². The first-order chi connectivity index (χ1) is 16.4. The van der Waals surface area contributed by atoms with Crippen molar-refractivity contribution in [2.24, 2.45) is 0 Å². The van der Waals surface area contributed by atoms with Crippen LogP contribution in [0, 0.1) is 12.7 Å². The monoisotopic (exact) mass is 459 g/mol. The van der Waals surface area contributed by atoms with Crippen LogP contribution in [0.2, 0.25) is 0 Å². The first kappa shape index (κ1) is 22.8. The number of amides is 1. The predicted octanol–water partition coefficient (Wildman–Crippen LogP) is 2.26. The van der Waals surface area contributed by atoms with Crippen LogP contribution in [-0.2, 0) is 13.0 Å². The summed E-state index contributed by atoms with van der Waals surface area (Å²) in [6.45, 7) is 2.00. The van der Waals surface area contributed by atoms with Crippen LogP contribution in [0.3, 0.4) is 0 Å². The number of hydrogen-bond acceptors (Lipinski definition) is 5. The van der Waals surface area contributed by atoms with Gasteiger partial charge in [0.05, 0.1) is 12.2 Å². The Morgan fingerprint density at radius 1 is 1.00 bits per heavy atom. The minimum Gasteiger partial charge on any atom is -0.350 e. The van der Waals surface area contributed by atoms with E-state index in [2.05, 4.69) is 15.4 Å². The van der Waals surface area contributed by atoms with E-state index in [9.17, 15) is 18.8 Å². The molecule has 4 rings (SSSR count). The Balaban J connectivity index is 1.70. The molecule has 9 heteroatoms. The molecular formula is C25H22FN5O3. The van der Waals surface area contributed by atoms with Gasteiger partial charge in [-0.15, -0.1) is 0 Å². The molecule has 0 unspecified atom stereocenters. The summed E-state index contributed by atoms with van der Waals surface area (Å²) in [4.78, 5) is 43.4. The van der Waals surface area contributed by atoms with E-state index in [0.717, 1.165) is 20.5 Å². The molecule has 1 N–H and O–H groups in total. The summed E-state index contributed by atoms with van der Waals surface area (Å²) in [5, 5.41) is 6.77. The SMILES string of the molecule is Cc1ccc(-n2nc(C(=O)NCCc3ccccn3)c(=O)n(Cc3ccc(F)cc3)c2=O)cc1. The third kappa shape index (κ3) is 5.15. The Morgan fingerprint density at radius 2 is 1.74 bits per heavy atom. The Hall–Kier alpha value is -4.40. The first-order valence-corrected chi connectivity index (χ1v) is 10.7. The van der Waals surface area contributed by atoms with Crippen LogP contribution in [0.4, 0.5) is 4.39 Å². The highest BCUT2D eigenvalue weighted by atomic mass is 19.1. The lowest BCUT2D eigenvalue weighted by Crippen LogP contribution is -2.46. The number of aryl methyl sites for hydroxylation is 1. The van der Waals surface area contributed by atoms with Gasteiger partial charge in [-0.1, -0.05) is 35.9 Å². The molecule has 0 bridgehead atoms. The maximum absolute atomic E-state index is 13.3. The van der Waals surface area contributed by atoms with E-state index in [0.29, 0.717) is 17.7 Å². The molecule has 172 valence electrons. The maximum Gasteiger partial charge on any atom is 0.352 e. The highest BCUT2D eigenvalue weighted by Crippen LogP contribution is 2.07. The van der Waals surface area contributed by atoms with Gasteiger partial charge in [-0.3, -0.25) is 19.1 Å². The second-order valence-corrected chi connectivity index (χ2v) is 7.72. The number of pyridine rings is 1. The number of aromatic nitrogens is 4. The van der Waals surface area contributed by atoms with Crippen LogP contribution >= 0.6 is 0 Å². The molecule has 0 fully saturated rings. The first-order valence-electron chi connectivity index (χ1n) is 10.7. The molecule has 2 heterocycles. The topological polar surface area (TPSA) is 98.9 Å². The van der Waals surface area contributed by atoms with E-state index < -0.39 is 28.7 Å². The summed E-state index contributed by atoms with van der Waals surface area (Å²) in [6, 6.07) is 17.9. The summed E-state index contributed by atoms with van der Waals surface area (Å²) in [5.74, 6) is -1.13. The van der Waals surface area contributed by atoms with E-state index in [-0.39, 0.29) is 13.1 Å². The molecule has 0 aliphatic carbocycles. The quantitative estimate of drug-likeness (QED) is 0.457. The number of nitrogens with one attached hydrogen (secondary N) is 1. The van der Waals surface area contributed by atoms with Crippen molar-refractivity contribution in [2.75, 3.05) is 6.54 Å². The standard InChI is InChI=1S/C25H22FN5O3/c1-17-5-11-21(12-6-17)31-25(34)30(16-18-7-9-19(26)10-8-18)24(33)22(29-31)23(32)28-15-13-20-4-2-3-14-27-20/h2-12,14H,13,15-16H2,1H3,(H,28,32). The number of carbonyl (C=O) groups is 1. The van der Waals surface area contributed by atoms with Crippen LogP contribution in [0.25, 0.3) is 5.69 Å². The lowest BCUT2D eigenvalue weighted by molar-refractivity contribution is 0.0944. The van der Waals surface area contributed by atoms with Crippen molar-refractivity contribution in [1.82, 2.24) is 24.6 Å². The molecule has 0 aliphatic rings. The fraction of sp³-hybridized carbons (Fsp3) is 0.160. The lowest BCUT2D eigenvalue weighted by atomic mass is 10.2. The Bertz CT molecular complexity index is 1410. The summed E-state index contributed by atoms with van der Waals surface area (Å²) in [6.07, 6.45) is 2.12. The zero-order valence-corrected chi connectivity index (χ0v) is 18.4. The van der Waals surface area contributed by atoms with Crippen LogP contribution < -0.4 is 16.6 Å². The lowest BCUT2D eigenvalue weighted by Gasteiger charge is -2.12. The van der Waals surface area contributed by atoms with Gasteiger partial charge in [0.1, 0.15) is 5.82 Å². The zero-order chi connectivity index (χ0) is 24.1. The van der Waals surface area contributed by atoms with Gasteiger partial charge >= 0.3 is 5.69 Å². The van der Waals surface area contributed by atoms with Crippen molar-refractivity contribution in [3.05, 3.63) is 122 Å². The third-order valence-electron chi connectivity index (χ3n) is 5.20. The van der Waals surface area contributed by atoms with Crippen LogP contribution in [-0.4, -0.2) is 31.8 Å². The predicted molar refractivity (Wildman–Crippen MR) is 125 cm³/mol. The number of carbonyl (C=O) groups excluding carboxylic acids is 1. The molecular weight excluding hydrogens is 437 g/mol. The molecule has 0 radical (unpaired) electrons. The van der Waals surface area contributed by atoms with Crippen LogP contribution in [0.1, 0.15) is 27.3 Å². The highest BCUT2D eigenvalue weighted by molar-refractivity contribution is 5.91. The third-order valence-corrected chi connectivity index (χ3v) is 5.20. The number of benzene rings is 2. The van der Waals surface area contributed by atoms with Gasteiger partial charge in [0.15, 0.2) is 0 Å². The van der Waals surface area contributed by atoms with Crippen molar-refractivity contribution in [3.63, 3.8) is 0 Å². The molecule has 0 spiro atoms. The van der Waals surface area contributed by atoms with Gasteiger partial charge in [0, 0.05) is 24.9 Å². The Morgan fingerprint density at radius 3 is 2.41 bits per heavy atom. The molecule has 8 nitrogen and oxygen atoms in total. The fourth-order valence-corrected chi connectivity index (χ4v) is 3.36. The molecule has 0 saturated heterocycles. The summed E-state index contributed by atoms with van der Waals surface area (Å²) in [5.41, 5.74) is 0.757. The summed E-state index contributed by atoms with van der Waals surface area (Å²) < 4.78 is 15.3. The highest BCUT2D eigenvalue weighted by Gasteiger charge is 2.20. The molecule has 2 aromatic carbocycles. The largest absolute Gasteiger partial charge is 0.352 e. The molecule has 0 saturated carbocycles. The van der Waals surface area contributed by atoms with Gasteiger partial charge in [0.2, 0.25) is 5.69 Å². The summed E-state index contributed by atoms with van der Waals surface area (Å²) >= 11 is 0. The van der Waals surface area contributed by atoms with Gasteiger partial charge < -0.3 is 5.32 Å². The smallest absolute Gasteiger partial charge is 0.350 e. The maximum atomic E-state index is 13.3. The Labute approximate surface area is 194 Å². The number of nitrogens with zero attached hydrogens (tertiary/aromatic N) is 4.